The third kappa shape index (κ3) is 2.09. The molecule has 1 atom stereocenters. The first-order valence-corrected chi connectivity index (χ1v) is 6.53. The van der Waals surface area contributed by atoms with Gasteiger partial charge in [0.1, 0.15) is 5.78 Å². The predicted octanol–water partition coefficient (Wildman–Crippen LogP) is 2.74. The molecular weight excluding hydrogens is 180 g/mol. The van der Waals surface area contributed by atoms with Gasteiger partial charge in [-0.05, 0) is 24.7 Å². The van der Waals surface area contributed by atoms with Crippen molar-refractivity contribution in [3.05, 3.63) is 0 Å². The molecule has 0 bridgehead atoms. The highest BCUT2D eigenvalue weighted by atomic mass is 32.2. The molecule has 13 heavy (non-hydrogen) atoms. The van der Waals surface area contributed by atoms with E-state index < -0.39 is 0 Å². The Morgan fingerprint density at radius 2 is 1.92 bits per heavy atom. The molecule has 0 aromatic rings. The second-order valence-corrected chi connectivity index (χ2v) is 5.64. The van der Waals surface area contributed by atoms with Gasteiger partial charge in [0.05, 0.1) is 5.75 Å². The average Bonchev–Trinajstić information content (AvgIpc) is 2.53. The maximum Gasteiger partial charge on any atom is 0.146 e. The molecule has 2 heteroatoms. The molecule has 0 amide bonds. The van der Waals surface area contributed by atoms with Crippen LogP contribution in [0.15, 0.2) is 0 Å². The van der Waals surface area contributed by atoms with E-state index in [0.29, 0.717) is 11.7 Å². The van der Waals surface area contributed by atoms with Gasteiger partial charge in [-0.1, -0.05) is 19.8 Å². The van der Waals surface area contributed by atoms with Gasteiger partial charge >= 0.3 is 0 Å². The highest BCUT2D eigenvalue weighted by Gasteiger charge is 2.34. The van der Waals surface area contributed by atoms with E-state index in [1.807, 2.05) is 11.8 Å². The number of ketones is 1. The van der Waals surface area contributed by atoms with E-state index in [0.717, 1.165) is 23.3 Å². The van der Waals surface area contributed by atoms with E-state index in [2.05, 4.69) is 6.92 Å². The zero-order chi connectivity index (χ0) is 9.26. The first-order valence-electron chi connectivity index (χ1n) is 5.38. The van der Waals surface area contributed by atoms with Crippen LogP contribution in [0.3, 0.4) is 0 Å². The second kappa shape index (κ2) is 4.04. The van der Waals surface area contributed by atoms with Crippen molar-refractivity contribution in [2.45, 2.75) is 32.6 Å². The number of rotatable bonds is 1. The maximum atomic E-state index is 11.5. The Bertz CT molecular complexity index is 194. The molecule has 0 spiro atoms. The molecule has 1 saturated carbocycles. The van der Waals surface area contributed by atoms with Crippen LogP contribution < -0.4 is 0 Å². The minimum atomic E-state index is 0.428. The van der Waals surface area contributed by atoms with Gasteiger partial charge in [-0.25, -0.2) is 0 Å². The molecule has 1 aliphatic heterocycles. The number of hydrogen-bond donors (Lipinski definition) is 0. The van der Waals surface area contributed by atoms with Gasteiger partial charge in [-0.2, -0.15) is 11.8 Å². The van der Waals surface area contributed by atoms with E-state index in [-0.39, 0.29) is 0 Å². The van der Waals surface area contributed by atoms with Crippen LogP contribution in [0.5, 0.6) is 0 Å². The summed E-state index contributed by atoms with van der Waals surface area (Å²) in [4.78, 5) is 11.5. The lowest BCUT2D eigenvalue weighted by atomic mass is 9.76. The molecule has 74 valence electrons. The number of carbonyl (C=O) groups is 1. The summed E-state index contributed by atoms with van der Waals surface area (Å²) >= 11 is 1.84. The minimum Gasteiger partial charge on any atom is -0.298 e. The molecule has 1 nitrogen and oxygen atoms in total. The predicted molar refractivity (Wildman–Crippen MR) is 56.9 cm³/mol. The zero-order valence-electron chi connectivity index (χ0n) is 8.29. The van der Waals surface area contributed by atoms with Gasteiger partial charge in [0.15, 0.2) is 0 Å². The summed E-state index contributed by atoms with van der Waals surface area (Å²) in [7, 11) is 0. The van der Waals surface area contributed by atoms with E-state index in [4.69, 9.17) is 0 Å². The Morgan fingerprint density at radius 3 is 2.46 bits per heavy atom. The fourth-order valence-corrected chi connectivity index (χ4v) is 3.82. The number of Topliss-reactive ketones (excluding diaryl/α,β-unsaturated/α-hetero) is 1. The van der Waals surface area contributed by atoms with Crippen molar-refractivity contribution in [2.75, 3.05) is 11.5 Å². The summed E-state index contributed by atoms with van der Waals surface area (Å²) in [6.45, 7) is 2.33. The van der Waals surface area contributed by atoms with Crippen molar-refractivity contribution in [3.63, 3.8) is 0 Å². The summed E-state index contributed by atoms with van der Waals surface area (Å²) < 4.78 is 0. The number of hydrogen-bond acceptors (Lipinski definition) is 2. The highest BCUT2D eigenvalue weighted by molar-refractivity contribution is 8.00. The Balaban J connectivity index is 1.90. The maximum absolute atomic E-state index is 11.5. The third-order valence-electron chi connectivity index (χ3n) is 3.58. The van der Waals surface area contributed by atoms with Crippen molar-refractivity contribution in [1.29, 1.82) is 0 Å². The quantitative estimate of drug-likeness (QED) is 0.644. The fraction of sp³-hybridized carbons (Fsp3) is 0.909. The monoisotopic (exact) mass is 198 g/mol. The van der Waals surface area contributed by atoms with Crippen molar-refractivity contribution in [3.8, 4) is 0 Å². The lowest BCUT2D eigenvalue weighted by Gasteiger charge is -2.29. The first-order chi connectivity index (χ1) is 6.27. The normalized spacial score (nSPS) is 41.0. The second-order valence-electron chi connectivity index (χ2n) is 4.61. The largest absolute Gasteiger partial charge is 0.298 e. The Labute approximate surface area is 84.7 Å². The lowest BCUT2D eigenvalue weighted by Crippen LogP contribution is -2.25. The van der Waals surface area contributed by atoms with Crippen molar-refractivity contribution in [2.24, 2.45) is 17.8 Å². The molecule has 0 N–H and O–H groups in total. The van der Waals surface area contributed by atoms with Gasteiger partial charge in [0.25, 0.3) is 0 Å². The van der Waals surface area contributed by atoms with E-state index in [1.54, 1.807) is 0 Å². The van der Waals surface area contributed by atoms with Crippen molar-refractivity contribution < 1.29 is 4.79 Å². The van der Waals surface area contributed by atoms with Gasteiger partial charge in [-0.3, -0.25) is 4.79 Å². The number of thioether (sulfide) groups is 1. The third-order valence-corrected chi connectivity index (χ3v) is 4.67. The van der Waals surface area contributed by atoms with Gasteiger partial charge in [0.2, 0.25) is 0 Å². The molecule has 0 aromatic carbocycles. The van der Waals surface area contributed by atoms with Crippen LogP contribution in [-0.2, 0) is 4.79 Å². The number of carbonyl (C=O) groups excluding carboxylic acids is 1. The molecule has 1 aliphatic carbocycles. The van der Waals surface area contributed by atoms with Crippen LogP contribution in [0.25, 0.3) is 0 Å². The molecule has 1 heterocycles. The SMILES string of the molecule is CC1CCC(C2CSCC2=O)CC1. The Morgan fingerprint density at radius 1 is 1.23 bits per heavy atom. The lowest BCUT2D eigenvalue weighted by molar-refractivity contribution is -0.121. The van der Waals surface area contributed by atoms with E-state index in [9.17, 15) is 4.79 Å². The standard InChI is InChI=1S/C11H18OS/c1-8-2-4-9(5-3-8)10-6-13-7-11(10)12/h8-10H,2-7H2,1H3. The van der Waals surface area contributed by atoms with E-state index >= 15 is 0 Å². The first kappa shape index (κ1) is 9.57. The molecule has 0 radical (unpaired) electrons. The van der Waals surface area contributed by atoms with Gasteiger partial charge in [0, 0.05) is 11.7 Å². The van der Waals surface area contributed by atoms with Crippen LogP contribution in [0.2, 0.25) is 0 Å². The fourth-order valence-electron chi connectivity index (χ4n) is 2.57. The molecule has 2 fully saturated rings. The average molecular weight is 198 g/mol. The van der Waals surface area contributed by atoms with Gasteiger partial charge in [-0.15, -0.1) is 0 Å². The smallest absolute Gasteiger partial charge is 0.146 e. The Hall–Kier alpha value is 0.0200. The summed E-state index contributed by atoms with van der Waals surface area (Å²) in [5.41, 5.74) is 0. The van der Waals surface area contributed by atoms with Crippen LogP contribution in [0, 0.1) is 17.8 Å². The molecule has 2 aliphatic rings. The van der Waals surface area contributed by atoms with Crippen LogP contribution in [-0.4, -0.2) is 17.3 Å². The van der Waals surface area contributed by atoms with Gasteiger partial charge < -0.3 is 0 Å². The van der Waals surface area contributed by atoms with Crippen molar-refractivity contribution >= 4 is 17.5 Å². The summed E-state index contributed by atoms with van der Waals surface area (Å²) in [6.07, 6.45) is 5.30. The van der Waals surface area contributed by atoms with Crippen LogP contribution in [0.4, 0.5) is 0 Å². The van der Waals surface area contributed by atoms with Crippen molar-refractivity contribution in [1.82, 2.24) is 0 Å². The molecule has 2 rings (SSSR count). The molecule has 0 aromatic heterocycles. The topological polar surface area (TPSA) is 17.1 Å². The molecule has 1 unspecified atom stereocenters. The summed E-state index contributed by atoms with van der Waals surface area (Å²) in [5, 5.41) is 0. The summed E-state index contributed by atoms with van der Waals surface area (Å²) in [6, 6.07) is 0. The molecule has 1 saturated heterocycles. The summed E-state index contributed by atoms with van der Waals surface area (Å²) in [5.74, 6) is 4.50. The van der Waals surface area contributed by atoms with Crippen LogP contribution >= 0.6 is 11.8 Å². The Kier molecular flexibility index (Phi) is 2.97. The zero-order valence-corrected chi connectivity index (χ0v) is 9.11. The minimum absolute atomic E-state index is 0.428. The van der Waals surface area contributed by atoms with Crippen LogP contribution in [0.1, 0.15) is 32.6 Å². The molecular formula is C11H18OS. The van der Waals surface area contributed by atoms with E-state index in [1.165, 1.54) is 25.7 Å². The highest BCUT2D eigenvalue weighted by Crippen LogP contribution is 2.37.